The molecule has 2 aromatic carbocycles. The molecule has 0 saturated carbocycles. The lowest BCUT2D eigenvalue weighted by atomic mass is 10.0. The van der Waals surface area contributed by atoms with Crippen LogP contribution in [0.25, 0.3) is 11.1 Å². The van der Waals surface area contributed by atoms with Gasteiger partial charge in [-0.25, -0.2) is 0 Å². The highest BCUT2D eigenvalue weighted by Gasteiger charge is 2.28. The molecule has 0 atom stereocenters. The van der Waals surface area contributed by atoms with Crippen LogP contribution >= 0.6 is 20.7 Å². The number of carbonyl (C=O) groups is 2. The van der Waals surface area contributed by atoms with Gasteiger partial charge in [0.15, 0.2) is 0 Å². The zero-order chi connectivity index (χ0) is 23.8. The van der Waals surface area contributed by atoms with Crippen molar-refractivity contribution in [1.29, 1.82) is 0 Å². The second-order valence-corrected chi connectivity index (χ2v) is 10.0. The Morgan fingerprint density at radius 3 is 2.45 bits per heavy atom. The Balaban J connectivity index is 1.52. The molecule has 0 fully saturated rings. The minimum atomic E-state index is -4.74. The van der Waals surface area contributed by atoms with Gasteiger partial charge in [0.1, 0.15) is 0 Å². The topological polar surface area (TPSA) is 79.8 Å². The SMILES string of the molecule is CC(CC(=O)NCC(=O)NCCOC(F)(F)F)=Nc1ccc(-c2ccccc2)cc1C1=IC1. The van der Waals surface area contributed by atoms with Crippen molar-refractivity contribution >= 4 is 47.5 Å². The van der Waals surface area contributed by atoms with Crippen LogP contribution in [-0.2, 0) is 14.3 Å². The van der Waals surface area contributed by atoms with E-state index in [0.29, 0.717) is 5.71 Å². The molecule has 0 spiro atoms. The van der Waals surface area contributed by atoms with Crippen LogP contribution in [0.5, 0.6) is 0 Å². The third kappa shape index (κ3) is 8.69. The summed E-state index contributed by atoms with van der Waals surface area (Å²) in [4.78, 5) is 28.4. The summed E-state index contributed by atoms with van der Waals surface area (Å²) in [6.07, 6.45) is -4.73. The Kier molecular flexibility index (Phi) is 8.73. The quantitative estimate of drug-likeness (QED) is 0.195. The van der Waals surface area contributed by atoms with Gasteiger partial charge in [-0.15, -0.1) is 33.9 Å². The number of nitrogens with one attached hydrogen (secondary N) is 2. The summed E-state index contributed by atoms with van der Waals surface area (Å²) in [5, 5.41) is 4.68. The molecule has 3 rings (SSSR count). The minimum absolute atomic E-state index is 0.00866. The van der Waals surface area contributed by atoms with E-state index in [4.69, 9.17) is 0 Å². The van der Waals surface area contributed by atoms with E-state index in [9.17, 15) is 22.8 Å². The molecule has 2 aromatic rings. The smallest absolute Gasteiger partial charge is 0.352 e. The van der Waals surface area contributed by atoms with Gasteiger partial charge in [0.2, 0.25) is 11.8 Å². The van der Waals surface area contributed by atoms with Crippen molar-refractivity contribution in [2.24, 2.45) is 4.99 Å². The summed E-state index contributed by atoms with van der Waals surface area (Å²) in [6, 6.07) is 16.2. The molecule has 1 heterocycles. The van der Waals surface area contributed by atoms with Gasteiger partial charge in [-0.2, -0.15) is 0 Å². The summed E-state index contributed by atoms with van der Waals surface area (Å²) < 4.78 is 41.8. The number of hydrogen-bond acceptors (Lipinski definition) is 4. The van der Waals surface area contributed by atoms with Crippen molar-refractivity contribution in [2.45, 2.75) is 19.7 Å². The highest BCUT2D eigenvalue weighted by molar-refractivity contribution is 14.2. The molecule has 176 valence electrons. The van der Waals surface area contributed by atoms with E-state index in [2.05, 4.69) is 38.6 Å². The van der Waals surface area contributed by atoms with Gasteiger partial charge in [0.05, 0.1) is 25.3 Å². The molecule has 0 aromatic heterocycles. The third-order valence-corrected chi connectivity index (χ3v) is 6.63. The first kappa shape index (κ1) is 25.0. The molecule has 1 aliphatic heterocycles. The molecule has 1 aliphatic rings. The Morgan fingerprint density at radius 1 is 1.06 bits per heavy atom. The third-order valence-electron chi connectivity index (χ3n) is 4.53. The summed E-state index contributed by atoms with van der Waals surface area (Å²) in [7, 11) is 0. The van der Waals surface area contributed by atoms with E-state index in [1.165, 1.54) is 3.51 Å². The van der Waals surface area contributed by atoms with E-state index in [1.54, 1.807) is 6.92 Å². The molecule has 2 amide bonds. The summed E-state index contributed by atoms with van der Waals surface area (Å²) in [5.41, 5.74) is 4.81. The fraction of sp³-hybridized carbons (Fsp3) is 0.304. The molecule has 2 N–H and O–H groups in total. The molecule has 6 nitrogen and oxygen atoms in total. The Hall–Kier alpha value is -2.60. The Morgan fingerprint density at radius 2 is 1.79 bits per heavy atom. The average Bonchev–Trinajstić information content (AvgIpc) is 3.61. The van der Waals surface area contributed by atoms with Crippen molar-refractivity contribution in [3.63, 3.8) is 0 Å². The lowest BCUT2D eigenvalue weighted by Crippen LogP contribution is -2.39. The summed E-state index contributed by atoms with van der Waals surface area (Å²) in [5.74, 6) is -0.997. The molecule has 0 aliphatic carbocycles. The van der Waals surface area contributed by atoms with Crippen molar-refractivity contribution in [3.8, 4) is 11.1 Å². The van der Waals surface area contributed by atoms with Gasteiger partial charge in [-0.3, -0.25) is 19.3 Å². The number of aliphatic imine (C=N–C) groups is 1. The van der Waals surface area contributed by atoms with Crippen LogP contribution in [0.2, 0.25) is 0 Å². The zero-order valence-electron chi connectivity index (χ0n) is 17.8. The van der Waals surface area contributed by atoms with Crippen molar-refractivity contribution in [3.05, 3.63) is 54.1 Å². The lowest BCUT2D eigenvalue weighted by Gasteiger charge is -2.10. The number of amides is 2. The van der Waals surface area contributed by atoms with Crippen molar-refractivity contribution in [2.75, 3.05) is 24.1 Å². The number of rotatable bonds is 10. The highest BCUT2D eigenvalue weighted by Crippen LogP contribution is 2.35. The first-order chi connectivity index (χ1) is 15.7. The summed E-state index contributed by atoms with van der Waals surface area (Å²) >= 11 is 0.0777. The second kappa shape index (κ2) is 11.5. The van der Waals surface area contributed by atoms with E-state index in [-0.39, 0.29) is 40.2 Å². The number of carbonyl (C=O) groups excluding carboxylic acids is 2. The van der Waals surface area contributed by atoms with Crippen LogP contribution in [0.1, 0.15) is 18.9 Å². The fourth-order valence-corrected chi connectivity index (χ4v) is 4.42. The van der Waals surface area contributed by atoms with Gasteiger partial charge in [0.25, 0.3) is 0 Å². The molecule has 0 radical (unpaired) electrons. The minimum Gasteiger partial charge on any atom is -0.352 e. The van der Waals surface area contributed by atoms with Crippen LogP contribution in [0.4, 0.5) is 18.9 Å². The average molecular weight is 573 g/mol. The standard InChI is InChI=1S/C23H23F3IN3O3/c1-15(11-21(31)29-14-22(32)28-9-10-33-23(24,25)26)30-20-8-7-17(12-18(20)19-13-27-19)16-5-3-2-4-6-16/h2-8,12H,9-11,13-14H2,1H3,(H,28,32)(H,29,31). The van der Waals surface area contributed by atoms with E-state index < -0.39 is 24.8 Å². The number of halogens is 4. The first-order valence-electron chi connectivity index (χ1n) is 10.1. The highest BCUT2D eigenvalue weighted by atomic mass is 127. The monoisotopic (exact) mass is 573 g/mol. The predicted octanol–water partition coefficient (Wildman–Crippen LogP) is 4.11. The maximum atomic E-state index is 12.1. The fourth-order valence-electron chi connectivity index (χ4n) is 2.98. The molecule has 0 saturated heterocycles. The van der Waals surface area contributed by atoms with Gasteiger partial charge in [-0.05, 0) is 30.2 Å². The second-order valence-electron chi connectivity index (χ2n) is 7.21. The number of hydrogen-bond donors (Lipinski definition) is 2. The van der Waals surface area contributed by atoms with Gasteiger partial charge in [-0.1, -0.05) is 36.4 Å². The van der Waals surface area contributed by atoms with Gasteiger partial charge < -0.3 is 10.6 Å². The van der Waals surface area contributed by atoms with Crippen LogP contribution in [0.3, 0.4) is 0 Å². The van der Waals surface area contributed by atoms with Gasteiger partial charge in [0, 0.05) is 25.8 Å². The van der Waals surface area contributed by atoms with Crippen LogP contribution in [0, 0.1) is 0 Å². The lowest BCUT2D eigenvalue weighted by molar-refractivity contribution is -0.323. The molecular formula is C23H23F3IN3O3. The van der Waals surface area contributed by atoms with Crippen LogP contribution < -0.4 is 10.6 Å². The number of benzene rings is 2. The molecule has 10 heteroatoms. The Bertz CT molecular complexity index is 1070. The predicted molar refractivity (Wildman–Crippen MR) is 130 cm³/mol. The van der Waals surface area contributed by atoms with E-state index in [0.717, 1.165) is 26.8 Å². The molecule has 0 bridgehead atoms. The summed E-state index contributed by atoms with van der Waals surface area (Å²) in [6.45, 7) is 0.409. The van der Waals surface area contributed by atoms with Crippen LogP contribution in [0.15, 0.2) is 53.5 Å². The van der Waals surface area contributed by atoms with Crippen LogP contribution in [-0.4, -0.2) is 51.5 Å². The number of ether oxygens (including phenoxy) is 1. The Labute approximate surface area is 199 Å². The molecular weight excluding hydrogens is 550 g/mol. The van der Waals surface area contributed by atoms with Crippen molar-refractivity contribution in [1.82, 2.24) is 10.6 Å². The number of nitrogens with zero attached hydrogens (tertiary/aromatic N) is 1. The molecule has 33 heavy (non-hydrogen) atoms. The van der Waals surface area contributed by atoms with E-state index >= 15 is 0 Å². The van der Waals surface area contributed by atoms with Crippen molar-refractivity contribution < 1.29 is 27.5 Å². The van der Waals surface area contributed by atoms with E-state index in [1.807, 2.05) is 30.3 Å². The first-order valence-corrected chi connectivity index (χ1v) is 12.7. The largest absolute Gasteiger partial charge is 0.522 e. The molecule has 0 unspecified atom stereocenters. The normalized spacial score (nSPS) is 13.6. The van der Waals surface area contributed by atoms with Gasteiger partial charge >= 0.3 is 6.36 Å². The number of alkyl halides is 4. The zero-order valence-corrected chi connectivity index (χ0v) is 20.0. The maximum absolute atomic E-state index is 12.1. The maximum Gasteiger partial charge on any atom is 0.522 e.